The second-order valence-electron chi connectivity index (χ2n) is 7.04. The van der Waals surface area contributed by atoms with Gasteiger partial charge in [0.25, 0.3) is 5.69 Å². The zero-order valence-electron chi connectivity index (χ0n) is 16.9. The van der Waals surface area contributed by atoms with Crippen molar-refractivity contribution in [3.63, 3.8) is 0 Å². The first-order chi connectivity index (χ1) is 15.4. The van der Waals surface area contributed by atoms with Gasteiger partial charge in [0.2, 0.25) is 5.90 Å². The van der Waals surface area contributed by atoms with Gasteiger partial charge < -0.3 is 9.47 Å². The first-order valence-corrected chi connectivity index (χ1v) is 10.0. The van der Waals surface area contributed by atoms with E-state index >= 15 is 0 Å². The van der Waals surface area contributed by atoms with Crippen LogP contribution in [0.15, 0.2) is 77.4 Å². The molecule has 0 aliphatic carbocycles. The number of aliphatic imine (C=N–C) groups is 1. The Kier molecular flexibility index (Phi) is 6.00. The van der Waals surface area contributed by atoms with Crippen molar-refractivity contribution in [1.29, 1.82) is 0 Å². The second-order valence-corrected chi connectivity index (χ2v) is 7.45. The highest BCUT2D eigenvalue weighted by Crippen LogP contribution is 2.27. The highest BCUT2D eigenvalue weighted by atomic mass is 35.5. The first kappa shape index (κ1) is 21.3. The topological polar surface area (TPSA) is 91.0 Å². The summed E-state index contributed by atoms with van der Waals surface area (Å²) in [6.45, 7) is 2.49. The zero-order chi connectivity index (χ0) is 22.7. The number of ether oxygens (including phenoxy) is 2. The summed E-state index contributed by atoms with van der Waals surface area (Å²) in [6, 6.07) is 19.0. The average Bonchev–Trinajstić information content (AvgIpc) is 3.14. The summed E-state index contributed by atoms with van der Waals surface area (Å²) >= 11 is 6.11. The number of non-ortho nitro benzene ring substituents is 1. The number of carbonyl (C=O) groups is 1. The molecule has 0 atom stereocenters. The number of aryl methyl sites for hydroxylation is 1. The molecule has 3 aromatic rings. The van der Waals surface area contributed by atoms with Gasteiger partial charge in [-0.1, -0.05) is 48.0 Å². The smallest absolute Gasteiger partial charge is 0.363 e. The highest BCUT2D eigenvalue weighted by Gasteiger charge is 2.27. The molecule has 0 fully saturated rings. The van der Waals surface area contributed by atoms with Gasteiger partial charge in [0, 0.05) is 12.1 Å². The van der Waals surface area contributed by atoms with E-state index < -0.39 is 10.9 Å². The molecule has 1 aliphatic rings. The zero-order valence-corrected chi connectivity index (χ0v) is 17.7. The van der Waals surface area contributed by atoms with Crippen LogP contribution in [-0.2, 0) is 16.1 Å². The molecule has 1 heterocycles. The summed E-state index contributed by atoms with van der Waals surface area (Å²) in [5, 5.41) is 11.2. The summed E-state index contributed by atoms with van der Waals surface area (Å²) in [6.07, 6.45) is 1.56. The fraction of sp³-hybridized carbons (Fsp3) is 0.0833. The van der Waals surface area contributed by atoms with Gasteiger partial charge in [-0.3, -0.25) is 10.1 Å². The largest absolute Gasteiger partial charge is 0.489 e. The van der Waals surface area contributed by atoms with Crippen LogP contribution in [0.2, 0.25) is 5.02 Å². The minimum absolute atomic E-state index is 0.0659. The number of halogens is 1. The van der Waals surface area contributed by atoms with Crippen molar-refractivity contribution in [2.75, 3.05) is 0 Å². The molecule has 0 bridgehead atoms. The summed E-state index contributed by atoms with van der Waals surface area (Å²) < 4.78 is 11.0. The minimum atomic E-state index is -0.664. The molecule has 0 saturated heterocycles. The molecule has 160 valence electrons. The maximum atomic E-state index is 12.2. The van der Waals surface area contributed by atoms with Gasteiger partial charge in [-0.15, -0.1) is 0 Å². The van der Waals surface area contributed by atoms with Crippen molar-refractivity contribution in [3.05, 3.63) is 110 Å². The summed E-state index contributed by atoms with van der Waals surface area (Å²) in [4.78, 5) is 26.9. The van der Waals surface area contributed by atoms with Gasteiger partial charge in [-0.25, -0.2) is 9.79 Å². The quantitative estimate of drug-likeness (QED) is 0.215. The van der Waals surface area contributed by atoms with E-state index in [1.165, 1.54) is 18.2 Å². The molecule has 0 unspecified atom stereocenters. The lowest BCUT2D eigenvalue weighted by Crippen LogP contribution is -2.06. The van der Waals surface area contributed by atoms with Crippen LogP contribution in [0.5, 0.6) is 5.75 Å². The Morgan fingerprint density at radius 2 is 1.88 bits per heavy atom. The van der Waals surface area contributed by atoms with E-state index in [-0.39, 0.29) is 27.9 Å². The molecule has 8 heteroatoms. The Morgan fingerprint density at radius 1 is 1.12 bits per heavy atom. The first-order valence-electron chi connectivity index (χ1n) is 9.65. The van der Waals surface area contributed by atoms with Crippen molar-refractivity contribution in [3.8, 4) is 5.75 Å². The fourth-order valence-electron chi connectivity index (χ4n) is 3.07. The maximum absolute atomic E-state index is 12.2. The SMILES string of the molecule is Cc1ccccc1COc1ccc(/C=C2\N=C(c3cc([N+](=O)[O-])ccc3Cl)OC2=O)cc1. The minimum Gasteiger partial charge on any atom is -0.489 e. The number of esters is 1. The van der Waals surface area contributed by atoms with E-state index in [2.05, 4.69) is 4.99 Å². The fourth-order valence-corrected chi connectivity index (χ4v) is 3.26. The molecule has 4 rings (SSSR count). The van der Waals surface area contributed by atoms with Gasteiger partial charge in [0.05, 0.1) is 15.5 Å². The van der Waals surface area contributed by atoms with Crippen molar-refractivity contribution in [2.24, 2.45) is 4.99 Å². The standard InChI is InChI=1S/C24H17ClN2O5/c1-15-4-2-3-5-17(15)14-31-19-9-6-16(7-10-19)12-22-24(28)32-23(26-22)20-13-18(27(29)30)8-11-21(20)25/h2-13H,14H2,1H3/b22-12-. The Bertz CT molecular complexity index is 1270. The molecule has 3 aromatic carbocycles. The molecular weight excluding hydrogens is 432 g/mol. The average molecular weight is 449 g/mol. The molecule has 7 nitrogen and oxygen atoms in total. The summed E-state index contributed by atoms with van der Waals surface area (Å²) in [5.74, 6) is -0.0486. The lowest BCUT2D eigenvalue weighted by atomic mass is 10.1. The number of rotatable bonds is 6. The molecular formula is C24H17ClN2O5. The van der Waals surface area contributed by atoms with Crippen molar-refractivity contribution in [2.45, 2.75) is 13.5 Å². The van der Waals surface area contributed by atoms with E-state index in [0.29, 0.717) is 12.4 Å². The van der Waals surface area contributed by atoms with Crippen LogP contribution in [0.4, 0.5) is 5.69 Å². The molecule has 0 saturated carbocycles. The Hall–Kier alpha value is -3.97. The summed E-state index contributed by atoms with van der Waals surface area (Å²) in [7, 11) is 0. The highest BCUT2D eigenvalue weighted by molar-refractivity contribution is 6.34. The molecule has 0 amide bonds. The van der Waals surface area contributed by atoms with E-state index in [1.807, 2.05) is 31.2 Å². The Balaban J connectivity index is 1.51. The summed E-state index contributed by atoms with van der Waals surface area (Å²) in [5.41, 5.74) is 3.05. The number of nitrogens with zero attached hydrogens (tertiary/aromatic N) is 2. The van der Waals surface area contributed by atoms with Crippen LogP contribution < -0.4 is 4.74 Å². The number of cyclic esters (lactones) is 1. The van der Waals surface area contributed by atoms with E-state index in [9.17, 15) is 14.9 Å². The third kappa shape index (κ3) is 4.68. The van der Waals surface area contributed by atoms with Gasteiger partial charge in [0.15, 0.2) is 5.70 Å². The number of nitro groups is 1. The van der Waals surface area contributed by atoms with Gasteiger partial charge >= 0.3 is 5.97 Å². The maximum Gasteiger partial charge on any atom is 0.363 e. The number of nitro benzene ring substituents is 1. The van der Waals surface area contributed by atoms with E-state index in [1.54, 1.807) is 30.3 Å². The van der Waals surface area contributed by atoms with Crippen LogP contribution in [0.1, 0.15) is 22.3 Å². The van der Waals surface area contributed by atoms with Gasteiger partial charge in [-0.05, 0) is 47.9 Å². The molecule has 0 aromatic heterocycles. The number of benzene rings is 3. The van der Waals surface area contributed by atoms with Crippen LogP contribution in [0, 0.1) is 17.0 Å². The monoisotopic (exact) mass is 448 g/mol. The third-order valence-corrected chi connectivity index (χ3v) is 5.18. The van der Waals surface area contributed by atoms with Crippen molar-refractivity contribution in [1.82, 2.24) is 0 Å². The molecule has 1 aliphatic heterocycles. The molecule has 0 N–H and O–H groups in total. The second kappa shape index (κ2) is 9.03. The van der Waals surface area contributed by atoms with Crippen LogP contribution >= 0.6 is 11.6 Å². The number of hydrogen-bond donors (Lipinski definition) is 0. The van der Waals surface area contributed by atoms with Crippen LogP contribution in [0.25, 0.3) is 6.08 Å². The van der Waals surface area contributed by atoms with Crippen molar-refractivity contribution >= 4 is 35.2 Å². The lowest BCUT2D eigenvalue weighted by molar-refractivity contribution is -0.384. The van der Waals surface area contributed by atoms with E-state index in [4.69, 9.17) is 21.1 Å². The van der Waals surface area contributed by atoms with Crippen molar-refractivity contribution < 1.29 is 19.2 Å². The van der Waals surface area contributed by atoms with Crippen LogP contribution in [0.3, 0.4) is 0 Å². The number of carbonyl (C=O) groups excluding carboxylic acids is 1. The molecule has 0 spiro atoms. The van der Waals surface area contributed by atoms with Crippen LogP contribution in [-0.4, -0.2) is 16.8 Å². The predicted octanol–water partition coefficient (Wildman–Crippen LogP) is 5.48. The molecule has 0 radical (unpaired) electrons. The molecule has 32 heavy (non-hydrogen) atoms. The Morgan fingerprint density at radius 3 is 2.59 bits per heavy atom. The lowest BCUT2D eigenvalue weighted by Gasteiger charge is -2.08. The number of hydrogen-bond acceptors (Lipinski definition) is 6. The third-order valence-electron chi connectivity index (χ3n) is 4.85. The van der Waals surface area contributed by atoms with Gasteiger partial charge in [-0.2, -0.15) is 0 Å². The Labute approximate surface area is 188 Å². The van der Waals surface area contributed by atoms with Gasteiger partial charge in [0.1, 0.15) is 12.4 Å². The normalized spacial score (nSPS) is 14.2. The predicted molar refractivity (Wildman–Crippen MR) is 121 cm³/mol. The van der Waals surface area contributed by atoms with E-state index in [0.717, 1.165) is 16.7 Å².